The highest BCUT2D eigenvalue weighted by molar-refractivity contribution is 7.89. The zero-order valence-corrected chi connectivity index (χ0v) is 23.2. The Balaban J connectivity index is 1.72. The Hall–Kier alpha value is -2.79. The van der Waals surface area contributed by atoms with Crippen LogP contribution in [0.5, 0.6) is 17.2 Å². The van der Waals surface area contributed by atoms with Gasteiger partial charge in [-0.05, 0) is 35.4 Å². The summed E-state index contributed by atoms with van der Waals surface area (Å²) >= 11 is 18.5. The molecule has 3 aromatic rings. The number of carbonyl (C=O) groups is 1. The van der Waals surface area contributed by atoms with Gasteiger partial charge in [0.1, 0.15) is 31.0 Å². The topological polar surface area (TPSA) is 117 Å². The highest BCUT2D eigenvalue weighted by atomic mass is 35.5. The lowest BCUT2D eigenvalue weighted by Crippen LogP contribution is -2.32. The molecule has 0 unspecified atom stereocenters. The molecule has 198 valence electrons. The van der Waals surface area contributed by atoms with Crippen LogP contribution in [0.3, 0.4) is 0 Å². The third kappa shape index (κ3) is 7.85. The maximum atomic E-state index is 11.8. The van der Waals surface area contributed by atoms with Crippen LogP contribution in [0.25, 0.3) is 0 Å². The number of sulfonamides is 1. The Bertz CT molecular complexity index is 1350. The average molecular weight is 589 g/mol. The molecule has 9 nitrogen and oxygen atoms in total. The summed E-state index contributed by atoms with van der Waals surface area (Å²) in [6, 6.07) is 11.0. The molecule has 1 aromatic heterocycles. The SMILES string of the molecule is CC(C)(c1ccc(OCc2ncncc2OC(=O)NS(C)(=O)=O)cc1)c1cc(Cl)c(OCCCl)c(Cl)c1. The van der Waals surface area contributed by atoms with Gasteiger partial charge in [0.05, 0.1) is 28.4 Å². The molecule has 1 amide bonds. The van der Waals surface area contributed by atoms with E-state index in [1.54, 1.807) is 16.9 Å². The lowest BCUT2D eigenvalue weighted by molar-refractivity contribution is 0.204. The van der Waals surface area contributed by atoms with Crippen molar-refractivity contribution < 1.29 is 27.4 Å². The van der Waals surface area contributed by atoms with E-state index in [2.05, 4.69) is 9.97 Å². The van der Waals surface area contributed by atoms with Crippen molar-refractivity contribution in [2.45, 2.75) is 25.9 Å². The predicted octanol–water partition coefficient (Wildman–Crippen LogP) is 5.35. The summed E-state index contributed by atoms with van der Waals surface area (Å²) < 4.78 is 40.5. The first-order valence-corrected chi connectivity index (χ1v) is 14.0. The number of alkyl halides is 1. The van der Waals surface area contributed by atoms with Crippen molar-refractivity contribution in [3.05, 3.63) is 75.8 Å². The van der Waals surface area contributed by atoms with Gasteiger partial charge >= 0.3 is 6.09 Å². The van der Waals surface area contributed by atoms with Crippen molar-refractivity contribution >= 4 is 50.9 Å². The van der Waals surface area contributed by atoms with Crippen LogP contribution in [0.15, 0.2) is 48.9 Å². The highest BCUT2D eigenvalue weighted by Gasteiger charge is 2.26. The van der Waals surface area contributed by atoms with Gasteiger partial charge in [-0.25, -0.2) is 27.9 Å². The molecule has 2 aromatic carbocycles. The summed E-state index contributed by atoms with van der Waals surface area (Å²) in [6.45, 7) is 4.32. The number of hydrogen-bond acceptors (Lipinski definition) is 8. The van der Waals surface area contributed by atoms with Gasteiger partial charge in [0, 0.05) is 5.41 Å². The molecule has 0 radical (unpaired) electrons. The number of ether oxygens (including phenoxy) is 3. The fourth-order valence-electron chi connectivity index (χ4n) is 3.29. The van der Waals surface area contributed by atoms with Crippen molar-refractivity contribution in [3.63, 3.8) is 0 Å². The summed E-state index contributed by atoms with van der Waals surface area (Å²) in [5, 5.41) is 0.794. The molecule has 1 N–H and O–H groups in total. The molecule has 13 heteroatoms. The van der Waals surface area contributed by atoms with Gasteiger partial charge in [-0.3, -0.25) is 0 Å². The molecule has 0 bridgehead atoms. The number of rotatable bonds is 10. The molecule has 0 saturated heterocycles. The van der Waals surface area contributed by atoms with Crippen LogP contribution in [0.2, 0.25) is 10.0 Å². The van der Waals surface area contributed by atoms with Gasteiger partial charge in [0.25, 0.3) is 0 Å². The number of aromatic nitrogens is 2. The zero-order valence-electron chi connectivity index (χ0n) is 20.1. The molecule has 0 aliphatic heterocycles. The van der Waals surface area contributed by atoms with Crippen LogP contribution < -0.4 is 18.9 Å². The third-order valence-corrected chi connectivity index (χ3v) is 6.48. The van der Waals surface area contributed by atoms with E-state index in [4.69, 9.17) is 49.0 Å². The quantitative estimate of drug-likeness (QED) is 0.315. The van der Waals surface area contributed by atoms with Gasteiger partial charge in [0.2, 0.25) is 10.0 Å². The van der Waals surface area contributed by atoms with E-state index in [9.17, 15) is 13.2 Å². The van der Waals surface area contributed by atoms with Gasteiger partial charge in [-0.1, -0.05) is 49.2 Å². The minimum absolute atomic E-state index is 0.0337. The number of nitrogens with one attached hydrogen (secondary N) is 1. The molecule has 37 heavy (non-hydrogen) atoms. The van der Waals surface area contributed by atoms with E-state index in [0.717, 1.165) is 17.4 Å². The molecule has 3 rings (SSSR count). The standard InChI is InChI=1S/C24H24Cl3N3O6S/c1-24(2,16-10-18(26)22(19(27)11-16)34-9-8-25)15-4-6-17(7-5-15)35-13-20-21(12-28-14-29-20)36-23(31)30-37(3,32)33/h4-7,10-12,14H,8-9,13H2,1-3H3,(H,30,31). The van der Waals surface area contributed by atoms with Gasteiger partial charge in [-0.2, -0.15) is 0 Å². The lowest BCUT2D eigenvalue weighted by Gasteiger charge is -2.27. The van der Waals surface area contributed by atoms with Crippen LogP contribution in [-0.2, 0) is 22.0 Å². The Morgan fingerprint density at radius 3 is 2.30 bits per heavy atom. The molecule has 0 fully saturated rings. The predicted molar refractivity (Wildman–Crippen MR) is 142 cm³/mol. The van der Waals surface area contributed by atoms with Gasteiger partial charge < -0.3 is 14.2 Å². The summed E-state index contributed by atoms with van der Waals surface area (Å²) in [5.41, 5.74) is 1.68. The van der Waals surface area contributed by atoms with Gasteiger partial charge in [0.15, 0.2) is 11.5 Å². The molecular weight excluding hydrogens is 565 g/mol. The average Bonchev–Trinajstić information content (AvgIpc) is 2.82. The summed E-state index contributed by atoms with van der Waals surface area (Å²) in [4.78, 5) is 19.6. The molecule has 0 saturated carbocycles. The van der Waals surface area contributed by atoms with Crippen LogP contribution >= 0.6 is 34.8 Å². The number of amides is 1. The fraction of sp³-hybridized carbons (Fsp3) is 0.292. The van der Waals surface area contributed by atoms with Crippen molar-refractivity contribution in [1.29, 1.82) is 0 Å². The van der Waals surface area contributed by atoms with Crippen LogP contribution in [0.4, 0.5) is 4.79 Å². The Morgan fingerprint density at radius 2 is 1.70 bits per heavy atom. The second-order valence-electron chi connectivity index (χ2n) is 8.34. The van der Waals surface area contributed by atoms with E-state index < -0.39 is 21.5 Å². The number of nitrogens with zero attached hydrogens (tertiary/aromatic N) is 2. The largest absolute Gasteiger partial charge is 0.489 e. The number of benzene rings is 2. The Morgan fingerprint density at radius 1 is 1.05 bits per heavy atom. The molecular formula is C24H24Cl3N3O6S. The van der Waals surface area contributed by atoms with E-state index in [1.165, 1.54) is 12.5 Å². The highest BCUT2D eigenvalue weighted by Crippen LogP contribution is 2.40. The van der Waals surface area contributed by atoms with E-state index in [1.807, 2.05) is 38.1 Å². The molecule has 0 spiro atoms. The molecule has 0 aliphatic carbocycles. The summed E-state index contributed by atoms with van der Waals surface area (Å²) in [7, 11) is -3.78. The van der Waals surface area contributed by atoms with Crippen molar-refractivity contribution in [2.24, 2.45) is 0 Å². The Kier molecular flexibility index (Phi) is 9.46. The number of hydrogen-bond donors (Lipinski definition) is 1. The van der Waals surface area contributed by atoms with Gasteiger partial charge in [-0.15, -0.1) is 11.6 Å². The monoisotopic (exact) mass is 587 g/mol. The normalized spacial score (nSPS) is 11.6. The maximum Gasteiger partial charge on any atom is 0.426 e. The minimum atomic E-state index is -3.78. The van der Waals surface area contributed by atoms with Crippen molar-refractivity contribution in [1.82, 2.24) is 14.7 Å². The first kappa shape index (κ1) is 28.8. The van der Waals surface area contributed by atoms with Crippen LogP contribution in [-0.4, -0.2) is 43.2 Å². The first-order chi connectivity index (χ1) is 17.4. The lowest BCUT2D eigenvalue weighted by atomic mass is 9.78. The molecule has 0 atom stereocenters. The second-order valence-corrected chi connectivity index (χ2v) is 11.3. The minimum Gasteiger partial charge on any atom is -0.489 e. The van der Waals surface area contributed by atoms with E-state index in [0.29, 0.717) is 34.0 Å². The third-order valence-electron chi connectivity index (χ3n) is 5.22. The van der Waals surface area contributed by atoms with Crippen LogP contribution in [0.1, 0.15) is 30.7 Å². The maximum absolute atomic E-state index is 11.8. The number of carbonyl (C=O) groups excluding carboxylic acids is 1. The van der Waals surface area contributed by atoms with Crippen molar-refractivity contribution in [3.8, 4) is 17.2 Å². The molecule has 0 aliphatic rings. The van der Waals surface area contributed by atoms with Crippen LogP contribution in [0, 0.1) is 0 Å². The summed E-state index contributed by atoms with van der Waals surface area (Å²) in [5.74, 6) is 1.21. The second kappa shape index (κ2) is 12.2. The number of halogens is 3. The van der Waals surface area contributed by atoms with E-state index in [-0.39, 0.29) is 18.1 Å². The van der Waals surface area contributed by atoms with E-state index >= 15 is 0 Å². The smallest absolute Gasteiger partial charge is 0.426 e. The van der Waals surface area contributed by atoms with Crippen molar-refractivity contribution in [2.75, 3.05) is 18.7 Å². The summed E-state index contributed by atoms with van der Waals surface area (Å²) in [6.07, 6.45) is 2.15. The molecule has 1 heterocycles. The fourth-order valence-corrected chi connectivity index (χ4v) is 4.31. The zero-order chi connectivity index (χ0) is 27.2. The first-order valence-electron chi connectivity index (χ1n) is 10.8. The Labute approximate surface area is 230 Å².